The third-order valence-electron chi connectivity index (χ3n) is 3.44. The van der Waals surface area contributed by atoms with Gasteiger partial charge in [0.2, 0.25) is 0 Å². The molecule has 1 rings (SSSR count). The molecule has 0 amide bonds. The average Bonchev–Trinajstić information content (AvgIpc) is 2.45. The summed E-state index contributed by atoms with van der Waals surface area (Å²) < 4.78 is 40.6. The van der Waals surface area contributed by atoms with Gasteiger partial charge in [-0.05, 0) is 19.1 Å². The monoisotopic (exact) mass is 358 g/mol. The lowest BCUT2D eigenvalue weighted by molar-refractivity contribution is -0.0242. The number of hydrogen-bond donors (Lipinski definition) is 0. The van der Waals surface area contributed by atoms with Gasteiger partial charge in [0, 0.05) is 17.9 Å². The molecule has 1 aromatic rings. The zero-order chi connectivity index (χ0) is 18.4. The molecule has 0 heterocycles. The second-order valence-electron chi connectivity index (χ2n) is 7.78. The summed E-state index contributed by atoms with van der Waals surface area (Å²) >= 11 is 0. The third-order valence-corrected chi connectivity index (χ3v) is 4.71. The van der Waals surface area contributed by atoms with E-state index in [0.717, 1.165) is 5.56 Å². The smallest absolute Gasteiger partial charge is 0.296 e. The van der Waals surface area contributed by atoms with Crippen molar-refractivity contribution in [3.63, 3.8) is 0 Å². The molecule has 0 aromatic heterocycles. The lowest BCUT2D eigenvalue weighted by Crippen LogP contribution is -2.31. The van der Waals surface area contributed by atoms with Crippen LogP contribution in [0.15, 0.2) is 29.2 Å². The van der Waals surface area contributed by atoms with Gasteiger partial charge in [-0.3, -0.25) is 4.18 Å². The van der Waals surface area contributed by atoms with Crippen molar-refractivity contribution in [1.82, 2.24) is 0 Å². The van der Waals surface area contributed by atoms with Crippen LogP contribution < -0.4 is 0 Å². The van der Waals surface area contributed by atoms with Crippen molar-refractivity contribution in [2.45, 2.75) is 39.5 Å². The van der Waals surface area contributed by atoms with Crippen molar-refractivity contribution in [3.05, 3.63) is 29.8 Å². The van der Waals surface area contributed by atoms with E-state index in [1.165, 1.54) is 0 Å². The molecule has 0 unspecified atom stereocenters. The second kappa shape index (κ2) is 8.43. The Bertz CT molecular complexity index is 603. The van der Waals surface area contributed by atoms with Crippen LogP contribution in [-0.2, 0) is 23.8 Å². The van der Waals surface area contributed by atoms with Crippen LogP contribution in [0.5, 0.6) is 0 Å². The van der Waals surface area contributed by atoms with Crippen molar-refractivity contribution in [3.8, 4) is 0 Å². The Balaban J connectivity index is 2.53. The fourth-order valence-corrected chi connectivity index (χ4v) is 3.17. The minimum atomic E-state index is -3.75. The molecule has 0 radical (unpaired) electrons. The van der Waals surface area contributed by atoms with E-state index in [-0.39, 0.29) is 16.9 Å². The van der Waals surface area contributed by atoms with Crippen LogP contribution in [0, 0.1) is 17.8 Å². The maximum atomic E-state index is 12.2. The Hall–Kier alpha value is -0.950. The lowest BCUT2D eigenvalue weighted by atomic mass is 9.94. The zero-order valence-electron chi connectivity index (χ0n) is 15.6. The van der Waals surface area contributed by atoms with Crippen molar-refractivity contribution in [2.24, 2.45) is 10.8 Å². The van der Waals surface area contributed by atoms with Crippen molar-refractivity contribution in [2.75, 3.05) is 33.5 Å². The first-order valence-corrected chi connectivity index (χ1v) is 9.41. The summed E-state index contributed by atoms with van der Waals surface area (Å²) in [6.45, 7) is 11.5. The summed E-state index contributed by atoms with van der Waals surface area (Å²) in [5.74, 6) is 0. The number of rotatable bonds is 10. The largest absolute Gasteiger partial charge is 0.384 e. The van der Waals surface area contributed by atoms with Gasteiger partial charge in [-0.1, -0.05) is 45.4 Å². The standard InChI is InChI=1S/C18H30O5S/c1-15-7-9-16(10-8-15)24(19,20)23-14-18(4,5)13-22-12-17(2,3)11-21-6/h7-10H,11-14H2,1-6H3. The van der Waals surface area contributed by atoms with E-state index in [1.54, 1.807) is 31.4 Å². The predicted molar refractivity (Wildman–Crippen MR) is 94.6 cm³/mol. The van der Waals surface area contributed by atoms with E-state index >= 15 is 0 Å². The van der Waals surface area contributed by atoms with Crippen molar-refractivity contribution >= 4 is 10.1 Å². The Morgan fingerprint density at radius 1 is 0.875 bits per heavy atom. The van der Waals surface area contributed by atoms with Crippen LogP contribution in [-0.4, -0.2) is 42.0 Å². The van der Waals surface area contributed by atoms with Crippen LogP contribution in [0.1, 0.15) is 33.3 Å². The Morgan fingerprint density at radius 2 is 1.38 bits per heavy atom. The van der Waals surface area contributed by atoms with Gasteiger partial charge in [0.1, 0.15) is 0 Å². The van der Waals surface area contributed by atoms with Gasteiger partial charge in [-0.2, -0.15) is 8.42 Å². The third kappa shape index (κ3) is 7.30. The molecule has 0 spiro atoms. The van der Waals surface area contributed by atoms with Gasteiger partial charge in [0.05, 0.1) is 31.3 Å². The Morgan fingerprint density at radius 3 is 1.88 bits per heavy atom. The summed E-state index contributed by atoms with van der Waals surface area (Å²) in [4.78, 5) is 0.172. The highest BCUT2D eigenvalue weighted by Gasteiger charge is 2.26. The van der Waals surface area contributed by atoms with E-state index in [4.69, 9.17) is 13.7 Å². The minimum Gasteiger partial charge on any atom is -0.384 e. The quantitative estimate of drug-likeness (QED) is 0.600. The van der Waals surface area contributed by atoms with E-state index in [2.05, 4.69) is 13.8 Å². The van der Waals surface area contributed by atoms with E-state index < -0.39 is 15.5 Å². The van der Waals surface area contributed by atoms with Gasteiger partial charge < -0.3 is 9.47 Å². The molecule has 6 heteroatoms. The molecule has 0 saturated heterocycles. The highest BCUT2D eigenvalue weighted by Crippen LogP contribution is 2.22. The summed E-state index contributed by atoms with van der Waals surface area (Å²) in [6, 6.07) is 6.62. The summed E-state index contributed by atoms with van der Waals surface area (Å²) in [6.07, 6.45) is 0. The molecule has 138 valence electrons. The molecule has 0 N–H and O–H groups in total. The first-order valence-electron chi connectivity index (χ1n) is 8.00. The molecule has 0 fully saturated rings. The Kier molecular flexibility index (Phi) is 7.41. The molecule has 0 aliphatic heterocycles. The van der Waals surface area contributed by atoms with Gasteiger partial charge in [-0.15, -0.1) is 0 Å². The normalized spacial score (nSPS) is 13.2. The first kappa shape index (κ1) is 21.1. The first-order chi connectivity index (χ1) is 11.0. The van der Waals surface area contributed by atoms with Gasteiger partial charge >= 0.3 is 0 Å². The van der Waals surface area contributed by atoms with Gasteiger partial charge in [0.15, 0.2) is 0 Å². The average molecular weight is 359 g/mol. The predicted octanol–water partition coefficient (Wildman–Crippen LogP) is 3.42. The molecule has 1 aromatic carbocycles. The van der Waals surface area contributed by atoms with E-state index in [9.17, 15) is 8.42 Å². The van der Waals surface area contributed by atoms with E-state index in [0.29, 0.717) is 19.8 Å². The lowest BCUT2D eigenvalue weighted by Gasteiger charge is -2.28. The van der Waals surface area contributed by atoms with Crippen molar-refractivity contribution < 1.29 is 22.1 Å². The number of aryl methyl sites for hydroxylation is 1. The van der Waals surface area contributed by atoms with Crippen LogP contribution >= 0.6 is 0 Å². The Labute approximate surface area is 146 Å². The molecule has 24 heavy (non-hydrogen) atoms. The molecule has 0 aliphatic carbocycles. The summed E-state index contributed by atoms with van der Waals surface area (Å²) in [5.41, 5.74) is 0.502. The van der Waals surface area contributed by atoms with Crippen LogP contribution in [0.25, 0.3) is 0 Å². The minimum absolute atomic E-state index is 0.0634. The molecule has 0 atom stereocenters. The molecular formula is C18H30O5S. The highest BCUT2D eigenvalue weighted by atomic mass is 32.2. The van der Waals surface area contributed by atoms with Crippen LogP contribution in [0.3, 0.4) is 0 Å². The number of hydrogen-bond acceptors (Lipinski definition) is 5. The van der Waals surface area contributed by atoms with Crippen molar-refractivity contribution in [1.29, 1.82) is 0 Å². The highest BCUT2D eigenvalue weighted by molar-refractivity contribution is 7.86. The SMILES string of the molecule is COCC(C)(C)COCC(C)(C)COS(=O)(=O)c1ccc(C)cc1. The van der Waals surface area contributed by atoms with Gasteiger partial charge in [-0.25, -0.2) is 0 Å². The van der Waals surface area contributed by atoms with Crippen LogP contribution in [0.2, 0.25) is 0 Å². The molecule has 0 aliphatic rings. The molecule has 0 saturated carbocycles. The molecule has 0 bridgehead atoms. The molecule has 5 nitrogen and oxygen atoms in total. The molecular weight excluding hydrogens is 328 g/mol. The summed E-state index contributed by atoms with van der Waals surface area (Å²) in [5, 5.41) is 0. The number of ether oxygens (including phenoxy) is 2. The maximum absolute atomic E-state index is 12.2. The van der Waals surface area contributed by atoms with Gasteiger partial charge in [0.25, 0.3) is 10.1 Å². The fraction of sp³-hybridized carbons (Fsp3) is 0.667. The second-order valence-corrected chi connectivity index (χ2v) is 9.40. The fourth-order valence-electron chi connectivity index (χ4n) is 2.09. The van der Waals surface area contributed by atoms with E-state index in [1.807, 2.05) is 20.8 Å². The van der Waals surface area contributed by atoms with Crippen LogP contribution in [0.4, 0.5) is 0 Å². The number of methoxy groups -OCH3 is 1. The zero-order valence-corrected chi connectivity index (χ0v) is 16.4. The summed E-state index contributed by atoms with van der Waals surface area (Å²) in [7, 11) is -2.09. The topological polar surface area (TPSA) is 61.8 Å². The number of benzene rings is 1. The maximum Gasteiger partial charge on any atom is 0.296 e.